The van der Waals surface area contributed by atoms with Crippen LogP contribution in [0, 0.1) is 5.92 Å². The SMILES string of the molecule is COc1ccc(C[C@H](CC(=O)O)C(=O)Nc2ccccc2)cc1. The number of amides is 1. The van der Waals surface area contributed by atoms with Crippen LogP contribution < -0.4 is 10.1 Å². The molecule has 0 spiro atoms. The first-order valence-corrected chi connectivity index (χ1v) is 7.29. The van der Waals surface area contributed by atoms with Crippen LogP contribution in [0.4, 0.5) is 5.69 Å². The zero-order chi connectivity index (χ0) is 16.7. The Hall–Kier alpha value is -2.82. The highest BCUT2D eigenvalue weighted by atomic mass is 16.5. The fraction of sp³-hybridized carbons (Fsp3) is 0.222. The second-order valence-corrected chi connectivity index (χ2v) is 5.20. The predicted octanol–water partition coefficient (Wildman–Crippen LogP) is 2.97. The standard InChI is InChI=1S/C18H19NO4/c1-23-16-9-7-13(8-10-16)11-14(12-17(20)21)18(22)19-15-5-3-2-4-6-15/h2-10,14H,11-12H2,1H3,(H,19,22)(H,20,21)/t14-/m1/s1. The van der Waals surface area contributed by atoms with Crippen molar-refractivity contribution in [1.29, 1.82) is 0 Å². The van der Waals surface area contributed by atoms with Crippen LogP contribution in [0.1, 0.15) is 12.0 Å². The van der Waals surface area contributed by atoms with Crippen LogP contribution in [-0.4, -0.2) is 24.1 Å². The summed E-state index contributed by atoms with van der Waals surface area (Å²) in [4.78, 5) is 23.4. The minimum Gasteiger partial charge on any atom is -0.497 e. The zero-order valence-electron chi connectivity index (χ0n) is 12.9. The molecule has 120 valence electrons. The van der Waals surface area contributed by atoms with Crippen molar-refractivity contribution in [3.05, 3.63) is 60.2 Å². The van der Waals surface area contributed by atoms with E-state index in [4.69, 9.17) is 9.84 Å². The van der Waals surface area contributed by atoms with Crippen LogP contribution >= 0.6 is 0 Å². The summed E-state index contributed by atoms with van der Waals surface area (Å²) in [5.74, 6) is -1.21. The van der Waals surface area contributed by atoms with Crippen LogP contribution in [0.3, 0.4) is 0 Å². The van der Waals surface area contributed by atoms with E-state index in [0.717, 1.165) is 11.3 Å². The number of methoxy groups -OCH3 is 1. The molecule has 0 aromatic heterocycles. The second kappa shape index (κ2) is 7.98. The number of hydrogen-bond donors (Lipinski definition) is 2. The van der Waals surface area contributed by atoms with E-state index in [2.05, 4.69) is 5.32 Å². The summed E-state index contributed by atoms with van der Waals surface area (Å²) in [6.45, 7) is 0. The van der Waals surface area contributed by atoms with Crippen molar-refractivity contribution in [2.24, 2.45) is 5.92 Å². The molecule has 0 saturated heterocycles. The molecule has 5 heteroatoms. The van der Waals surface area contributed by atoms with E-state index in [1.54, 1.807) is 31.4 Å². The Labute approximate surface area is 134 Å². The quantitative estimate of drug-likeness (QED) is 0.824. The molecule has 0 aliphatic rings. The third-order valence-corrected chi connectivity index (χ3v) is 3.47. The van der Waals surface area contributed by atoms with Gasteiger partial charge in [-0.15, -0.1) is 0 Å². The topological polar surface area (TPSA) is 75.6 Å². The van der Waals surface area contributed by atoms with Crippen LogP contribution in [0.5, 0.6) is 5.75 Å². The highest BCUT2D eigenvalue weighted by Gasteiger charge is 2.22. The number of carboxylic acid groups (broad SMARTS) is 1. The molecule has 0 radical (unpaired) electrons. The Kier molecular flexibility index (Phi) is 5.74. The monoisotopic (exact) mass is 313 g/mol. The van der Waals surface area contributed by atoms with Gasteiger partial charge < -0.3 is 15.2 Å². The summed E-state index contributed by atoms with van der Waals surface area (Å²) in [7, 11) is 1.58. The molecular formula is C18H19NO4. The van der Waals surface area contributed by atoms with Crippen molar-refractivity contribution in [1.82, 2.24) is 0 Å². The number of carboxylic acids is 1. The number of carbonyl (C=O) groups excluding carboxylic acids is 1. The summed E-state index contributed by atoms with van der Waals surface area (Å²) in [6, 6.07) is 16.3. The fourth-order valence-corrected chi connectivity index (χ4v) is 2.28. The maximum absolute atomic E-state index is 12.4. The van der Waals surface area contributed by atoms with E-state index >= 15 is 0 Å². The molecule has 2 rings (SSSR count). The second-order valence-electron chi connectivity index (χ2n) is 5.20. The molecule has 23 heavy (non-hydrogen) atoms. The molecule has 1 atom stereocenters. The molecule has 1 amide bonds. The first kappa shape index (κ1) is 16.5. The average molecular weight is 313 g/mol. The molecule has 0 heterocycles. The molecule has 0 saturated carbocycles. The summed E-state index contributed by atoms with van der Waals surface area (Å²) in [5, 5.41) is 11.8. The van der Waals surface area contributed by atoms with E-state index in [1.165, 1.54) is 0 Å². The minimum atomic E-state index is -0.994. The molecule has 0 unspecified atom stereocenters. The fourth-order valence-electron chi connectivity index (χ4n) is 2.28. The number of para-hydroxylation sites is 1. The number of carbonyl (C=O) groups is 2. The van der Waals surface area contributed by atoms with Crippen LogP contribution in [0.15, 0.2) is 54.6 Å². The number of benzene rings is 2. The van der Waals surface area contributed by atoms with Gasteiger partial charge in [-0.2, -0.15) is 0 Å². The maximum atomic E-state index is 12.4. The summed E-state index contributed by atoms with van der Waals surface area (Å²) >= 11 is 0. The highest BCUT2D eigenvalue weighted by Crippen LogP contribution is 2.18. The van der Waals surface area contributed by atoms with Gasteiger partial charge in [-0.05, 0) is 36.2 Å². The van der Waals surface area contributed by atoms with Gasteiger partial charge in [0.25, 0.3) is 0 Å². The lowest BCUT2D eigenvalue weighted by atomic mass is 9.95. The van der Waals surface area contributed by atoms with Crippen molar-refractivity contribution in [3.63, 3.8) is 0 Å². The Morgan fingerprint density at radius 1 is 1.09 bits per heavy atom. The van der Waals surface area contributed by atoms with Crippen LogP contribution in [-0.2, 0) is 16.0 Å². The van der Waals surface area contributed by atoms with Gasteiger partial charge in [0.2, 0.25) is 5.91 Å². The van der Waals surface area contributed by atoms with E-state index < -0.39 is 11.9 Å². The molecule has 2 aromatic rings. The lowest BCUT2D eigenvalue weighted by Crippen LogP contribution is -2.27. The van der Waals surface area contributed by atoms with Gasteiger partial charge >= 0.3 is 5.97 Å². The molecule has 0 bridgehead atoms. The number of rotatable bonds is 7. The highest BCUT2D eigenvalue weighted by molar-refractivity contribution is 5.94. The molecule has 5 nitrogen and oxygen atoms in total. The van der Waals surface area contributed by atoms with Gasteiger partial charge in [-0.1, -0.05) is 30.3 Å². The molecule has 0 aliphatic heterocycles. The van der Waals surface area contributed by atoms with Gasteiger partial charge in [0, 0.05) is 5.69 Å². The Morgan fingerprint density at radius 2 is 1.74 bits per heavy atom. The predicted molar refractivity (Wildman–Crippen MR) is 87.5 cm³/mol. The molecular weight excluding hydrogens is 294 g/mol. The summed E-state index contributed by atoms with van der Waals surface area (Å²) in [6.07, 6.45) is 0.139. The van der Waals surface area contributed by atoms with Gasteiger partial charge in [0.05, 0.1) is 19.4 Å². The van der Waals surface area contributed by atoms with E-state index in [-0.39, 0.29) is 12.3 Å². The normalized spacial score (nSPS) is 11.5. The first-order valence-electron chi connectivity index (χ1n) is 7.29. The first-order chi connectivity index (χ1) is 11.1. The average Bonchev–Trinajstić information content (AvgIpc) is 2.55. The van der Waals surface area contributed by atoms with E-state index in [0.29, 0.717) is 12.1 Å². The van der Waals surface area contributed by atoms with Gasteiger partial charge in [-0.25, -0.2) is 0 Å². The number of nitrogens with one attached hydrogen (secondary N) is 1. The number of ether oxygens (including phenoxy) is 1. The van der Waals surface area contributed by atoms with Gasteiger partial charge in [-0.3, -0.25) is 9.59 Å². The van der Waals surface area contributed by atoms with Crippen LogP contribution in [0.2, 0.25) is 0 Å². The van der Waals surface area contributed by atoms with Crippen molar-refractivity contribution < 1.29 is 19.4 Å². The third kappa shape index (κ3) is 5.14. The summed E-state index contributed by atoms with van der Waals surface area (Å²) < 4.78 is 5.09. The lowest BCUT2D eigenvalue weighted by Gasteiger charge is -2.15. The number of hydrogen-bond acceptors (Lipinski definition) is 3. The molecule has 2 N–H and O–H groups in total. The van der Waals surface area contributed by atoms with Crippen molar-refractivity contribution in [2.75, 3.05) is 12.4 Å². The minimum absolute atomic E-state index is 0.218. The third-order valence-electron chi connectivity index (χ3n) is 3.47. The van der Waals surface area contributed by atoms with Crippen molar-refractivity contribution >= 4 is 17.6 Å². The maximum Gasteiger partial charge on any atom is 0.304 e. The number of aliphatic carboxylic acids is 1. The van der Waals surface area contributed by atoms with E-state index in [1.807, 2.05) is 30.3 Å². The van der Waals surface area contributed by atoms with Gasteiger partial charge in [0.1, 0.15) is 5.75 Å². The largest absolute Gasteiger partial charge is 0.497 e. The molecule has 2 aromatic carbocycles. The smallest absolute Gasteiger partial charge is 0.304 e. The Balaban J connectivity index is 2.08. The molecule has 0 aliphatic carbocycles. The zero-order valence-corrected chi connectivity index (χ0v) is 12.9. The van der Waals surface area contributed by atoms with E-state index in [9.17, 15) is 9.59 Å². The lowest BCUT2D eigenvalue weighted by molar-refractivity contribution is -0.140. The van der Waals surface area contributed by atoms with Crippen molar-refractivity contribution in [2.45, 2.75) is 12.8 Å². The van der Waals surface area contributed by atoms with Crippen molar-refractivity contribution in [3.8, 4) is 5.75 Å². The molecule has 0 fully saturated rings. The van der Waals surface area contributed by atoms with Crippen LogP contribution in [0.25, 0.3) is 0 Å². The Bertz CT molecular complexity index is 652. The Morgan fingerprint density at radius 3 is 2.30 bits per heavy atom. The number of anilines is 1. The summed E-state index contributed by atoms with van der Waals surface area (Å²) in [5.41, 5.74) is 1.54. The van der Waals surface area contributed by atoms with Gasteiger partial charge in [0.15, 0.2) is 0 Å².